The van der Waals surface area contributed by atoms with Gasteiger partial charge in [0.25, 0.3) is 0 Å². The Labute approximate surface area is 178 Å². The van der Waals surface area contributed by atoms with Gasteiger partial charge in [0, 0.05) is 41.3 Å². The number of aryl methyl sites for hydroxylation is 1. The number of fused-ring (bicyclic) bond motifs is 2. The van der Waals surface area contributed by atoms with Crippen molar-refractivity contribution in [3.63, 3.8) is 0 Å². The van der Waals surface area contributed by atoms with Crippen LogP contribution in [0.3, 0.4) is 0 Å². The molecule has 3 unspecified atom stereocenters. The average Bonchev–Trinajstić information content (AvgIpc) is 3.29. The number of hydrogen-bond acceptors (Lipinski definition) is 6. The predicted molar refractivity (Wildman–Crippen MR) is 110 cm³/mol. The van der Waals surface area contributed by atoms with E-state index < -0.39 is 24.1 Å². The van der Waals surface area contributed by atoms with E-state index in [1.165, 1.54) is 12.4 Å². The molecule has 8 heteroatoms. The molecule has 1 saturated carbocycles. The molecule has 30 heavy (non-hydrogen) atoms. The minimum atomic E-state index is -1.06. The van der Waals surface area contributed by atoms with Gasteiger partial charge in [-0.1, -0.05) is 23.8 Å². The lowest BCUT2D eigenvalue weighted by atomic mass is 9.87. The SMILES string of the molecule is Cc1ncnc2c1C=CC2C1CC(Oc2cc(Cl)c(F)c3c2CNCC3)[C@@H](O)[C@H]1O. The van der Waals surface area contributed by atoms with Crippen molar-refractivity contribution in [1.29, 1.82) is 0 Å². The molecule has 6 nitrogen and oxygen atoms in total. The molecule has 5 atom stereocenters. The van der Waals surface area contributed by atoms with Crippen molar-refractivity contribution in [3.8, 4) is 5.75 Å². The summed E-state index contributed by atoms with van der Waals surface area (Å²) in [6, 6.07) is 1.47. The van der Waals surface area contributed by atoms with Gasteiger partial charge >= 0.3 is 0 Å². The van der Waals surface area contributed by atoms with Crippen LogP contribution in [0.15, 0.2) is 18.5 Å². The fraction of sp³-hybridized carbons (Fsp3) is 0.455. The van der Waals surface area contributed by atoms with E-state index in [1.807, 2.05) is 19.1 Å². The molecule has 0 amide bonds. The average molecular weight is 432 g/mol. The lowest BCUT2D eigenvalue weighted by Gasteiger charge is -2.25. The topological polar surface area (TPSA) is 87.5 Å². The van der Waals surface area contributed by atoms with Crippen LogP contribution >= 0.6 is 11.6 Å². The summed E-state index contributed by atoms with van der Waals surface area (Å²) in [5.41, 5.74) is 4.01. The molecule has 2 heterocycles. The molecule has 2 aliphatic carbocycles. The van der Waals surface area contributed by atoms with Crippen molar-refractivity contribution in [3.05, 3.63) is 57.4 Å². The molecule has 0 saturated heterocycles. The summed E-state index contributed by atoms with van der Waals surface area (Å²) >= 11 is 6.09. The Morgan fingerprint density at radius 2 is 2.07 bits per heavy atom. The maximum absolute atomic E-state index is 14.4. The molecule has 1 aromatic heterocycles. The Morgan fingerprint density at radius 1 is 1.23 bits per heavy atom. The van der Waals surface area contributed by atoms with Gasteiger partial charge in [-0.25, -0.2) is 14.4 Å². The maximum atomic E-state index is 14.4. The third-order valence-corrected chi connectivity index (χ3v) is 6.84. The smallest absolute Gasteiger partial charge is 0.145 e. The maximum Gasteiger partial charge on any atom is 0.145 e. The van der Waals surface area contributed by atoms with E-state index >= 15 is 0 Å². The van der Waals surface area contributed by atoms with Crippen LogP contribution in [0, 0.1) is 18.7 Å². The van der Waals surface area contributed by atoms with Gasteiger partial charge < -0.3 is 20.3 Å². The largest absolute Gasteiger partial charge is 0.487 e. The molecule has 5 rings (SSSR count). The van der Waals surface area contributed by atoms with Gasteiger partial charge in [-0.15, -0.1) is 0 Å². The molecule has 0 spiro atoms. The lowest BCUT2D eigenvalue weighted by molar-refractivity contribution is -0.0196. The van der Waals surface area contributed by atoms with E-state index in [0.717, 1.165) is 22.5 Å². The number of halogens is 2. The van der Waals surface area contributed by atoms with E-state index in [-0.39, 0.29) is 16.9 Å². The molecular formula is C22H23ClFN3O3. The highest BCUT2D eigenvalue weighted by atomic mass is 35.5. The second-order valence-corrected chi connectivity index (χ2v) is 8.64. The summed E-state index contributed by atoms with van der Waals surface area (Å²) in [6.07, 6.45) is 3.83. The van der Waals surface area contributed by atoms with E-state index in [4.69, 9.17) is 16.3 Å². The molecule has 2 aromatic rings. The van der Waals surface area contributed by atoms with Gasteiger partial charge in [-0.2, -0.15) is 0 Å². The quantitative estimate of drug-likeness (QED) is 0.692. The summed E-state index contributed by atoms with van der Waals surface area (Å²) < 4.78 is 20.6. The molecule has 3 N–H and O–H groups in total. The summed E-state index contributed by atoms with van der Waals surface area (Å²) in [5.74, 6) is -0.316. The van der Waals surface area contributed by atoms with Gasteiger partial charge in [0.2, 0.25) is 0 Å². The first kappa shape index (κ1) is 19.9. The molecule has 1 fully saturated rings. The highest BCUT2D eigenvalue weighted by Crippen LogP contribution is 2.44. The number of ether oxygens (including phenoxy) is 1. The van der Waals surface area contributed by atoms with Crippen molar-refractivity contribution in [1.82, 2.24) is 15.3 Å². The standard InChI is InChI=1S/C22H23ClFN3O3/c1-10-11-2-3-13(20(11)27-9-26-10)14-6-18(22(29)21(14)28)30-17-7-16(23)19(24)12-4-5-25-8-15(12)17/h2-3,7,9,13-14,18,21-22,25,28-29H,4-6,8H2,1H3/t13?,14?,18?,21-,22+/m0/s1. The van der Waals surface area contributed by atoms with Gasteiger partial charge in [0.1, 0.15) is 30.1 Å². The molecule has 158 valence electrons. The molecule has 1 aliphatic heterocycles. The van der Waals surface area contributed by atoms with Crippen LogP contribution in [0.1, 0.15) is 40.4 Å². The summed E-state index contributed by atoms with van der Waals surface area (Å²) in [7, 11) is 0. The Balaban J connectivity index is 1.42. The summed E-state index contributed by atoms with van der Waals surface area (Å²) in [6.45, 7) is 3.07. The third-order valence-electron chi connectivity index (χ3n) is 6.56. The fourth-order valence-electron chi connectivity index (χ4n) is 4.95. The highest BCUT2D eigenvalue weighted by molar-refractivity contribution is 6.31. The van der Waals surface area contributed by atoms with Crippen LogP contribution in [0.5, 0.6) is 5.75 Å². The zero-order valence-corrected chi connectivity index (χ0v) is 17.2. The van der Waals surface area contributed by atoms with E-state index in [2.05, 4.69) is 15.3 Å². The van der Waals surface area contributed by atoms with E-state index in [0.29, 0.717) is 37.2 Å². The van der Waals surface area contributed by atoms with Crippen LogP contribution < -0.4 is 10.1 Å². The van der Waals surface area contributed by atoms with E-state index in [9.17, 15) is 14.6 Å². The van der Waals surface area contributed by atoms with Crippen LogP contribution in [-0.4, -0.2) is 45.0 Å². The Kier molecular flexibility index (Phi) is 5.01. The number of aliphatic hydroxyl groups is 2. The van der Waals surface area contributed by atoms with Gasteiger partial charge in [-0.05, 0) is 31.9 Å². The molecule has 0 bridgehead atoms. The number of nitrogens with zero attached hydrogens (tertiary/aromatic N) is 2. The Bertz CT molecular complexity index is 1030. The summed E-state index contributed by atoms with van der Waals surface area (Å²) in [4.78, 5) is 8.64. The van der Waals surface area contributed by atoms with Crippen LogP contribution in [-0.2, 0) is 13.0 Å². The molecular weight excluding hydrogens is 409 g/mol. The second-order valence-electron chi connectivity index (χ2n) is 8.23. The zero-order chi connectivity index (χ0) is 21.0. The monoisotopic (exact) mass is 431 g/mol. The Morgan fingerprint density at radius 3 is 2.90 bits per heavy atom. The Hall–Kier alpha value is -2.06. The number of rotatable bonds is 3. The molecule has 1 aromatic carbocycles. The van der Waals surface area contributed by atoms with Crippen molar-refractivity contribution in [2.45, 2.75) is 50.5 Å². The number of aliphatic hydroxyl groups excluding tert-OH is 2. The van der Waals surface area contributed by atoms with Crippen LogP contribution in [0.25, 0.3) is 6.08 Å². The van der Waals surface area contributed by atoms with Crippen molar-refractivity contribution in [2.24, 2.45) is 5.92 Å². The first-order valence-electron chi connectivity index (χ1n) is 10.2. The van der Waals surface area contributed by atoms with Crippen molar-refractivity contribution in [2.75, 3.05) is 6.54 Å². The van der Waals surface area contributed by atoms with Crippen molar-refractivity contribution < 1.29 is 19.3 Å². The number of aromatic nitrogens is 2. The molecule has 0 radical (unpaired) electrons. The van der Waals surface area contributed by atoms with Gasteiger partial charge in [-0.3, -0.25) is 0 Å². The lowest BCUT2D eigenvalue weighted by Crippen LogP contribution is -2.35. The number of hydrogen-bond donors (Lipinski definition) is 3. The number of allylic oxidation sites excluding steroid dienone is 1. The number of benzene rings is 1. The second kappa shape index (κ2) is 7.57. The normalized spacial score (nSPS) is 29.7. The zero-order valence-electron chi connectivity index (χ0n) is 16.5. The van der Waals surface area contributed by atoms with Crippen LogP contribution in [0.2, 0.25) is 5.02 Å². The van der Waals surface area contributed by atoms with Crippen molar-refractivity contribution >= 4 is 17.7 Å². The van der Waals surface area contributed by atoms with Gasteiger partial charge in [0.15, 0.2) is 0 Å². The fourth-order valence-corrected chi connectivity index (χ4v) is 5.16. The van der Waals surface area contributed by atoms with E-state index in [1.54, 1.807) is 0 Å². The minimum absolute atomic E-state index is 0.00932. The van der Waals surface area contributed by atoms with Crippen LogP contribution in [0.4, 0.5) is 4.39 Å². The predicted octanol–water partition coefficient (Wildman–Crippen LogP) is 2.52. The highest BCUT2D eigenvalue weighted by Gasteiger charge is 2.47. The summed E-state index contributed by atoms with van der Waals surface area (Å²) in [5, 5.41) is 24.7. The third kappa shape index (κ3) is 3.12. The minimum Gasteiger partial charge on any atom is -0.487 e. The first-order valence-corrected chi connectivity index (χ1v) is 10.6. The number of nitrogens with one attached hydrogen (secondary N) is 1. The molecule has 3 aliphatic rings. The first-order chi connectivity index (χ1) is 14.5. The van der Waals surface area contributed by atoms with Gasteiger partial charge in [0.05, 0.1) is 16.8 Å².